The molecule has 0 heteroatoms. The highest BCUT2D eigenvalue weighted by Crippen LogP contribution is 2.50. The molecule has 8 rings (SSSR count). The zero-order valence-electron chi connectivity index (χ0n) is 24.3. The van der Waals surface area contributed by atoms with Gasteiger partial charge in [0.2, 0.25) is 0 Å². The highest BCUT2D eigenvalue weighted by molar-refractivity contribution is 6.22. The number of hydrogen-bond donors (Lipinski definition) is 0. The molecular weight excluding hydrogens is 504 g/mol. The molecule has 0 atom stereocenters. The first-order valence-corrected chi connectivity index (χ1v) is 14.9. The van der Waals surface area contributed by atoms with Gasteiger partial charge in [0.05, 0.1) is 0 Å². The standard InChI is InChI=1S/C42H32/c1-27-12-11-18-35-39(27)41(34-17-8-7-16-33(34)40(35)29-13-5-4-6-14-29)30-22-20-28(21-23-30)31-24-25-38-36(26-31)32-15-9-10-19-37(32)42(38,2)3/h4-26H,1-3H3. The lowest BCUT2D eigenvalue weighted by Crippen LogP contribution is -2.14. The van der Waals surface area contributed by atoms with E-state index in [1.165, 1.54) is 82.7 Å². The Morgan fingerprint density at radius 2 is 0.976 bits per heavy atom. The summed E-state index contributed by atoms with van der Waals surface area (Å²) in [6.45, 7) is 6.92. The quantitative estimate of drug-likeness (QED) is 0.197. The summed E-state index contributed by atoms with van der Waals surface area (Å²) < 4.78 is 0. The molecule has 0 aromatic heterocycles. The minimum atomic E-state index is 0.0280. The van der Waals surface area contributed by atoms with E-state index in [1.54, 1.807) is 0 Å². The highest BCUT2D eigenvalue weighted by atomic mass is 14.4. The molecule has 1 aliphatic rings. The second-order valence-corrected chi connectivity index (χ2v) is 12.2. The van der Waals surface area contributed by atoms with Gasteiger partial charge < -0.3 is 0 Å². The van der Waals surface area contributed by atoms with Crippen LogP contribution in [0, 0.1) is 6.92 Å². The molecule has 0 saturated carbocycles. The van der Waals surface area contributed by atoms with Gasteiger partial charge in [-0.05, 0) is 95.7 Å². The lowest BCUT2D eigenvalue weighted by Gasteiger charge is -2.21. The molecule has 0 saturated heterocycles. The first-order chi connectivity index (χ1) is 20.5. The van der Waals surface area contributed by atoms with Crippen LogP contribution in [0.1, 0.15) is 30.5 Å². The van der Waals surface area contributed by atoms with Crippen molar-refractivity contribution in [1.29, 1.82) is 0 Å². The fourth-order valence-corrected chi connectivity index (χ4v) is 7.35. The average molecular weight is 537 g/mol. The summed E-state index contributed by atoms with van der Waals surface area (Å²) in [4.78, 5) is 0. The van der Waals surface area contributed by atoms with E-state index in [2.05, 4.69) is 160 Å². The predicted molar refractivity (Wildman–Crippen MR) is 180 cm³/mol. The van der Waals surface area contributed by atoms with Crippen LogP contribution in [-0.4, -0.2) is 0 Å². The van der Waals surface area contributed by atoms with Gasteiger partial charge in [0.1, 0.15) is 0 Å². The van der Waals surface area contributed by atoms with Crippen LogP contribution < -0.4 is 0 Å². The van der Waals surface area contributed by atoms with Crippen LogP contribution in [-0.2, 0) is 5.41 Å². The minimum Gasteiger partial charge on any atom is -0.0622 e. The summed E-state index contributed by atoms with van der Waals surface area (Å²) in [5, 5.41) is 5.22. The maximum atomic E-state index is 2.39. The van der Waals surface area contributed by atoms with Crippen molar-refractivity contribution in [2.45, 2.75) is 26.2 Å². The molecule has 42 heavy (non-hydrogen) atoms. The zero-order valence-corrected chi connectivity index (χ0v) is 24.3. The highest BCUT2D eigenvalue weighted by Gasteiger charge is 2.35. The van der Waals surface area contributed by atoms with E-state index in [4.69, 9.17) is 0 Å². The van der Waals surface area contributed by atoms with Crippen molar-refractivity contribution in [3.05, 3.63) is 156 Å². The van der Waals surface area contributed by atoms with Crippen molar-refractivity contribution in [3.8, 4) is 44.5 Å². The van der Waals surface area contributed by atoms with Gasteiger partial charge in [-0.25, -0.2) is 0 Å². The normalized spacial score (nSPS) is 13.3. The Morgan fingerprint density at radius 1 is 0.405 bits per heavy atom. The summed E-state index contributed by atoms with van der Waals surface area (Å²) in [5.41, 5.74) is 14.5. The Labute approximate surface area is 247 Å². The molecule has 0 heterocycles. The van der Waals surface area contributed by atoms with Crippen LogP contribution in [0.15, 0.2) is 140 Å². The molecule has 7 aromatic rings. The van der Waals surface area contributed by atoms with Crippen molar-refractivity contribution in [3.63, 3.8) is 0 Å². The second kappa shape index (κ2) is 9.29. The van der Waals surface area contributed by atoms with Gasteiger partial charge in [-0.15, -0.1) is 0 Å². The summed E-state index contributed by atoms with van der Waals surface area (Å²) in [7, 11) is 0. The van der Waals surface area contributed by atoms with Crippen molar-refractivity contribution in [2.24, 2.45) is 0 Å². The summed E-state index contributed by atoms with van der Waals surface area (Å²) >= 11 is 0. The van der Waals surface area contributed by atoms with E-state index in [-0.39, 0.29) is 5.41 Å². The van der Waals surface area contributed by atoms with Gasteiger partial charge in [0.15, 0.2) is 0 Å². The molecule has 0 aliphatic heterocycles. The van der Waals surface area contributed by atoms with Crippen LogP contribution >= 0.6 is 0 Å². The van der Waals surface area contributed by atoms with Crippen LogP contribution in [0.5, 0.6) is 0 Å². The maximum absolute atomic E-state index is 2.39. The number of rotatable bonds is 3. The SMILES string of the molecule is Cc1cccc2c(-c3ccccc3)c3ccccc3c(-c3ccc(-c4ccc5c(c4)-c4ccccc4C5(C)C)cc3)c12. The van der Waals surface area contributed by atoms with E-state index in [0.717, 1.165) is 0 Å². The summed E-state index contributed by atoms with van der Waals surface area (Å²) in [6, 6.07) is 51.6. The summed E-state index contributed by atoms with van der Waals surface area (Å²) in [5.74, 6) is 0. The van der Waals surface area contributed by atoms with Gasteiger partial charge in [0, 0.05) is 5.41 Å². The third kappa shape index (κ3) is 3.62. The van der Waals surface area contributed by atoms with Crippen molar-refractivity contribution in [2.75, 3.05) is 0 Å². The lowest BCUT2D eigenvalue weighted by atomic mass is 9.82. The molecule has 0 amide bonds. The van der Waals surface area contributed by atoms with Crippen LogP contribution in [0.2, 0.25) is 0 Å². The molecule has 200 valence electrons. The second-order valence-electron chi connectivity index (χ2n) is 12.2. The van der Waals surface area contributed by atoms with Gasteiger partial charge in [-0.2, -0.15) is 0 Å². The molecule has 0 N–H and O–H groups in total. The Balaban J connectivity index is 1.31. The largest absolute Gasteiger partial charge is 0.0622 e. The third-order valence-corrected chi connectivity index (χ3v) is 9.41. The monoisotopic (exact) mass is 536 g/mol. The van der Waals surface area contributed by atoms with E-state index >= 15 is 0 Å². The van der Waals surface area contributed by atoms with Gasteiger partial charge in [-0.1, -0.05) is 147 Å². The van der Waals surface area contributed by atoms with Crippen LogP contribution in [0.4, 0.5) is 0 Å². The van der Waals surface area contributed by atoms with Crippen molar-refractivity contribution < 1.29 is 0 Å². The fourth-order valence-electron chi connectivity index (χ4n) is 7.35. The number of fused-ring (bicyclic) bond motifs is 5. The molecule has 0 radical (unpaired) electrons. The summed E-state index contributed by atoms with van der Waals surface area (Å²) in [6.07, 6.45) is 0. The van der Waals surface area contributed by atoms with Crippen LogP contribution in [0.25, 0.3) is 66.1 Å². The Bertz CT molecular complexity index is 2140. The smallest absolute Gasteiger partial charge is 0.0158 e. The Morgan fingerprint density at radius 3 is 1.76 bits per heavy atom. The van der Waals surface area contributed by atoms with E-state index in [9.17, 15) is 0 Å². The molecule has 1 aliphatic carbocycles. The molecular formula is C42H32. The number of hydrogen-bond acceptors (Lipinski definition) is 0. The Hall–Kier alpha value is -4.94. The van der Waals surface area contributed by atoms with E-state index in [1.807, 2.05) is 0 Å². The third-order valence-electron chi connectivity index (χ3n) is 9.41. The maximum Gasteiger partial charge on any atom is 0.0158 e. The molecule has 0 fully saturated rings. The number of benzene rings is 7. The van der Waals surface area contributed by atoms with Crippen LogP contribution in [0.3, 0.4) is 0 Å². The lowest BCUT2D eigenvalue weighted by molar-refractivity contribution is 0.660. The first-order valence-electron chi connectivity index (χ1n) is 14.9. The molecule has 0 bridgehead atoms. The van der Waals surface area contributed by atoms with Gasteiger partial charge in [-0.3, -0.25) is 0 Å². The molecule has 0 nitrogen and oxygen atoms in total. The average Bonchev–Trinajstić information content (AvgIpc) is 3.26. The molecule has 0 unspecified atom stereocenters. The van der Waals surface area contributed by atoms with Crippen molar-refractivity contribution in [1.82, 2.24) is 0 Å². The van der Waals surface area contributed by atoms with Crippen molar-refractivity contribution >= 4 is 21.5 Å². The zero-order chi connectivity index (χ0) is 28.4. The first kappa shape index (κ1) is 24.8. The molecule has 7 aromatic carbocycles. The topological polar surface area (TPSA) is 0 Å². The fraction of sp³-hybridized carbons (Fsp3) is 0.0952. The van der Waals surface area contributed by atoms with E-state index in [0.29, 0.717) is 0 Å². The molecule has 0 spiro atoms. The predicted octanol–water partition coefficient (Wildman–Crippen LogP) is 11.6. The van der Waals surface area contributed by atoms with E-state index < -0.39 is 0 Å². The minimum absolute atomic E-state index is 0.0280. The van der Waals surface area contributed by atoms with Gasteiger partial charge in [0.25, 0.3) is 0 Å². The Kier molecular flexibility index (Phi) is 5.49. The number of aryl methyl sites for hydroxylation is 1. The van der Waals surface area contributed by atoms with Gasteiger partial charge >= 0.3 is 0 Å².